The summed E-state index contributed by atoms with van der Waals surface area (Å²) in [5.41, 5.74) is 0.470. The van der Waals surface area contributed by atoms with Gasteiger partial charge in [0.25, 0.3) is 5.91 Å². The van der Waals surface area contributed by atoms with Crippen LogP contribution in [0, 0.1) is 17.3 Å². The van der Waals surface area contributed by atoms with E-state index in [0.29, 0.717) is 17.8 Å². The third-order valence-corrected chi connectivity index (χ3v) is 6.47. The van der Waals surface area contributed by atoms with E-state index >= 15 is 0 Å². The Balaban J connectivity index is 1.46. The van der Waals surface area contributed by atoms with Gasteiger partial charge in [-0.3, -0.25) is 19.2 Å². The molecule has 2 N–H and O–H groups in total. The van der Waals surface area contributed by atoms with Crippen LogP contribution in [0.25, 0.3) is 0 Å². The number of Topliss-reactive ketones (excluding diaryl/α,β-unsaturated/α-hetero) is 1. The second-order valence-corrected chi connectivity index (χ2v) is 10.3. The number of carbonyl (C=O) groups is 4. The van der Waals surface area contributed by atoms with Crippen LogP contribution in [0.3, 0.4) is 0 Å². The average molecular weight is 442 g/mol. The van der Waals surface area contributed by atoms with Crippen molar-refractivity contribution in [3.8, 4) is 0 Å². The fourth-order valence-electron chi connectivity index (χ4n) is 4.44. The monoisotopic (exact) mass is 441 g/mol. The van der Waals surface area contributed by atoms with E-state index in [4.69, 9.17) is 4.74 Å². The quantitative estimate of drug-likeness (QED) is 0.727. The van der Waals surface area contributed by atoms with Crippen molar-refractivity contribution in [3.05, 3.63) is 29.8 Å². The van der Waals surface area contributed by atoms with Crippen LogP contribution < -0.4 is 10.6 Å². The number of benzene rings is 1. The van der Waals surface area contributed by atoms with Crippen molar-refractivity contribution < 1.29 is 23.9 Å². The minimum Gasteiger partial charge on any atom is -0.367 e. The maximum absolute atomic E-state index is 13.5. The first-order valence-electron chi connectivity index (χ1n) is 11.2. The Morgan fingerprint density at radius 1 is 1.12 bits per heavy atom. The molecule has 1 aliphatic carbocycles. The Morgan fingerprint density at radius 2 is 1.78 bits per heavy atom. The lowest BCUT2D eigenvalue weighted by Crippen LogP contribution is -2.57. The molecule has 4 atom stereocenters. The van der Waals surface area contributed by atoms with E-state index in [1.165, 1.54) is 0 Å². The molecule has 3 amide bonds. The summed E-state index contributed by atoms with van der Waals surface area (Å²) in [5.74, 6) is -0.570. The number of anilines is 1. The summed E-state index contributed by atoms with van der Waals surface area (Å²) in [5, 5.41) is 5.72. The Labute approximate surface area is 188 Å². The van der Waals surface area contributed by atoms with E-state index in [2.05, 4.69) is 10.6 Å². The molecule has 4 rings (SSSR count). The number of ether oxygens (including phenoxy) is 1. The molecule has 2 saturated heterocycles. The molecule has 1 aromatic carbocycles. The summed E-state index contributed by atoms with van der Waals surface area (Å²) in [6.45, 7) is 8.08. The van der Waals surface area contributed by atoms with Gasteiger partial charge >= 0.3 is 0 Å². The first kappa shape index (κ1) is 22.5. The minimum atomic E-state index is -0.802. The first-order chi connectivity index (χ1) is 15.1. The summed E-state index contributed by atoms with van der Waals surface area (Å²) in [6, 6.07) is 5.25. The van der Waals surface area contributed by atoms with Crippen molar-refractivity contribution in [2.45, 2.75) is 58.7 Å². The zero-order chi connectivity index (χ0) is 23.2. The summed E-state index contributed by atoms with van der Waals surface area (Å²) in [7, 11) is 0. The lowest BCUT2D eigenvalue weighted by Gasteiger charge is -2.35. The van der Waals surface area contributed by atoms with Crippen molar-refractivity contribution in [1.29, 1.82) is 0 Å². The number of likely N-dealkylation sites (tertiary alicyclic amines) is 1. The van der Waals surface area contributed by atoms with Crippen LogP contribution in [0.2, 0.25) is 0 Å². The maximum atomic E-state index is 13.5. The third kappa shape index (κ3) is 4.41. The number of carbonyl (C=O) groups excluding carboxylic acids is 4. The summed E-state index contributed by atoms with van der Waals surface area (Å²) >= 11 is 0. The Hall–Kier alpha value is -2.74. The zero-order valence-electron chi connectivity index (χ0n) is 19.0. The highest BCUT2D eigenvalue weighted by atomic mass is 16.5. The topological polar surface area (TPSA) is 105 Å². The SMILES string of the molecule is C[C@H]1CN(C(=O)[C@@H](NC(=O)c2ccc(NC(=O)C3CC3)cc2)C(C)(C)C)[C@@H]2C(=O)CO[C@@H]21. The molecule has 0 bridgehead atoms. The van der Waals surface area contributed by atoms with Crippen molar-refractivity contribution >= 4 is 29.2 Å². The minimum absolute atomic E-state index is 0.00387. The van der Waals surface area contributed by atoms with E-state index in [9.17, 15) is 19.2 Å². The first-order valence-corrected chi connectivity index (χ1v) is 11.2. The van der Waals surface area contributed by atoms with Crippen LogP contribution in [-0.2, 0) is 19.1 Å². The van der Waals surface area contributed by atoms with Gasteiger partial charge < -0.3 is 20.3 Å². The highest BCUT2D eigenvalue weighted by Gasteiger charge is 2.52. The second kappa shape index (κ2) is 8.31. The summed E-state index contributed by atoms with van der Waals surface area (Å²) in [6.07, 6.45) is 1.56. The fraction of sp³-hybridized carbons (Fsp3) is 0.583. The van der Waals surface area contributed by atoms with Crippen molar-refractivity contribution in [2.24, 2.45) is 17.3 Å². The van der Waals surface area contributed by atoms with Crippen molar-refractivity contribution in [1.82, 2.24) is 10.2 Å². The number of hydrogen-bond acceptors (Lipinski definition) is 5. The van der Waals surface area contributed by atoms with E-state index in [-0.39, 0.29) is 48.1 Å². The molecule has 0 spiro atoms. The Morgan fingerprint density at radius 3 is 2.38 bits per heavy atom. The average Bonchev–Trinajstić information content (AvgIpc) is 3.44. The number of hydrogen-bond donors (Lipinski definition) is 2. The lowest BCUT2D eigenvalue weighted by molar-refractivity contribution is -0.140. The number of amides is 3. The zero-order valence-corrected chi connectivity index (χ0v) is 19.0. The largest absolute Gasteiger partial charge is 0.367 e. The molecular weight excluding hydrogens is 410 g/mol. The number of fused-ring (bicyclic) bond motifs is 1. The molecule has 3 aliphatic rings. The number of nitrogens with zero attached hydrogens (tertiary/aromatic N) is 1. The van der Waals surface area contributed by atoms with Crippen LogP contribution in [-0.4, -0.2) is 59.7 Å². The molecule has 1 aromatic rings. The molecule has 2 heterocycles. The molecule has 8 heteroatoms. The van der Waals surface area contributed by atoms with Gasteiger partial charge in [-0.15, -0.1) is 0 Å². The van der Waals surface area contributed by atoms with Crippen LogP contribution >= 0.6 is 0 Å². The highest BCUT2D eigenvalue weighted by Crippen LogP contribution is 2.34. The third-order valence-electron chi connectivity index (χ3n) is 6.47. The lowest BCUT2D eigenvalue weighted by atomic mass is 9.85. The molecule has 2 aliphatic heterocycles. The van der Waals surface area contributed by atoms with Gasteiger partial charge in [0.05, 0.1) is 6.10 Å². The molecule has 0 aromatic heterocycles. The van der Waals surface area contributed by atoms with Crippen LogP contribution in [0.5, 0.6) is 0 Å². The van der Waals surface area contributed by atoms with Gasteiger partial charge in [-0.1, -0.05) is 27.7 Å². The normalized spacial score (nSPS) is 25.9. The fourth-order valence-corrected chi connectivity index (χ4v) is 4.44. The summed E-state index contributed by atoms with van der Waals surface area (Å²) in [4.78, 5) is 52.3. The van der Waals surface area contributed by atoms with Gasteiger partial charge in [0.1, 0.15) is 18.7 Å². The Bertz CT molecular complexity index is 932. The molecule has 0 unspecified atom stereocenters. The van der Waals surface area contributed by atoms with Gasteiger partial charge in [0.15, 0.2) is 5.78 Å². The van der Waals surface area contributed by atoms with Crippen LogP contribution in [0.4, 0.5) is 5.69 Å². The van der Waals surface area contributed by atoms with Gasteiger partial charge in [0, 0.05) is 29.6 Å². The van der Waals surface area contributed by atoms with Gasteiger partial charge in [-0.25, -0.2) is 0 Å². The maximum Gasteiger partial charge on any atom is 0.251 e. The van der Waals surface area contributed by atoms with E-state index < -0.39 is 17.5 Å². The van der Waals surface area contributed by atoms with Gasteiger partial charge in [-0.05, 0) is 42.5 Å². The predicted octanol–water partition coefficient (Wildman–Crippen LogP) is 1.99. The molecule has 32 heavy (non-hydrogen) atoms. The molecule has 0 radical (unpaired) electrons. The summed E-state index contributed by atoms with van der Waals surface area (Å²) < 4.78 is 5.59. The second-order valence-electron chi connectivity index (χ2n) is 10.3. The van der Waals surface area contributed by atoms with Gasteiger partial charge in [-0.2, -0.15) is 0 Å². The smallest absolute Gasteiger partial charge is 0.251 e. The number of rotatable bonds is 5. The van der Waals surface area contributed by atoms with E-state index in [1.54, 1.807) is 29.2 Å². The van der Waals surface area contributed by atoms with Crippen molar-refractivity contribution in [2.75, 3.05) is 18.5 Å². The van der Waals surface area contributed by atoms with Crippen LogP contribution in [0.15, 0.2) is 24.3 Å². The number of nitrogens with one attached hydrogen (secondary N) is 2. The standard InChI is InChI=1S/C24H31N3O5/c1-13-11-27(18-17(28)12-32-19(13)18)23(31)20(24(2,3)4)26-22(30)15-7-9-16(10-8-15)25-21(29)14-5-6-14/h7-10,13-14,18-20H,5-6,11-12H2,1-4H3,(H,25,29)(H,26,30)/t13-,18+,19+,20+/m0/s1. The van der Waals surface area contributed by atoms with Crippen molar-refractivity contribution in [3.63, 3.8) is 0 Å². The van der Waals surface area contributed by atoms with Gasteiger partial charge in [0.2, 0.25) is 11.8 Å². The molecular formula is C24H31N3O5. The molecule has 8 nitrogen and oxygen atoms in total. The highest BCUT2D eigenvalue weighted by molar-refractivity contribution is 6.00. The Kier molecular flexibility index (Phi) is 5.83. The van der Waals surface area contributed by atoms with Crippen LogP contribution in [0.1, 0.15) is 50.9 Å². The van der Waals surface area contributed by atoms with E-state index in [1.807, 2.05) is 27.7 Å². The predicted molar refractivity (Wildman–Crippen MR) is 118 cm³/mol. The van der Waals surface area contributed by atoms with E-state index in [0.717, 1.165) is 12.8 Å². The number of ketones is 1. The molecule has 172 valence electrons. The molecule has 1 saturated carbocycles. The molecule has 3 fully saturated rings.